The van der Waals surface area contributed by atoms with Crippen LogP contribution in [0.2, 0.25) is 0 Å². The molecule has 1 aliphatic rings. The van der Waals surface area contributed by atoms with Crippen LogP contribution in [0.3, 0.4) is 0 Å². The zero-order valence-corrected chi connectivity index (χ0v) is 16.4. The van der Waals surface area contributed by atoms with Crippen LogP contribution in [0.5, 0.6) is 0 Å². The van der Waals surface area contributed by atoms with Gasteiger partial charge < -0.3 is 4.74 Å². The molecule has 2 unspecified atom stereocenters. The lowest BCUT2D eigenvalue weighted by Gasteiger charge is -2.26. The molecule has 1 saturated heterocycles. The maximum atomic E-state index is 14.6. The van der Waals surface area contributed by atoms with Gasteiger partial charge in [0.15, 0.2) is 5.82 Å². The molecule has 1 aliphatic heterocycles. The van der Waals surface area contributed by atoms with E-state index >= 15 is 0 Å². The molecule has 3 nitrogen and oxygen atoms in total. The predicted molar refractivity (Wildman–Crippen MR) is 105 cm³/mol. The Hall–Kier alpha value is -3.05. The molecule has 4 rings (SSSR count). The van der Waals surface area contributed by atoms with Crippen LogP contribution in [-0.4, -0.2) is 22.8 Å². The van der Waals surface area contributed by atoms with Crippen LogP contribution in [0.25, 0.3) is 22.2 Å². The predicted octanol–water partition coefficient (Wildman–Crippen LogP) is 5.98. The van der Waals surface area contributed by atoms with Gasteiger partial charge in [-0.05, 0) is 36.3 Å². The summed E-state index contributed by atoms with van der Waals surface area (Å²) in [5, 5.41) is 0.125. The number of hydrogen-bond acceptors (Lipinski definition) is 3. The molecule has 31 heavy (non-hydrogen) atoms. The first-order valence-corrected chi connectivity index (χ1v) is 9.67. The van der Waals surface area contributed by atoms with E-state index in [0.29, 0.717) is 23.9 Å². The molecule has 0 saturated carbocycles. The van der Waals surface area contributed by atoms with E-state index in [0.717, 1.165) is 30.4 Å². The average Bonchev–Trinajstić information content (AvgIpc) is 2.73. The SMILES string of the molecule is CC1CCC(c2cnc(-c3ccc4c(F)c(C#CC(F)(F)F)c(F)cc4c3)nc2)OC1. The highest BCUT2D eigenvalue weighted by atomic mass is 19.4. The van der Waals surface area contributed by atoms with E-state index in [9.17, 15) is 22.0 Å². The van der Waals surface area contributed by atoms with Crippen LogP contribution < -0.4 is 0 Å². The fraction of sp³-hybridized carbons (Fsp3) is 0.304. The van der Waals surface area contributed by atoms with Gasteiger partial charge >= 0.3 is 6.18 Å². The number of alkyl halides is 3. The van der Waals surface area contributed by atoms with Gasteiger partial charge in [0.2, 0.25) is 0 Å². The quantitative estimate of drug-likeness (QED) is 0.369. The van der Waals surface area contributed by atoms with Crippen LogP contribution in [0, 0.1) is 29.4 Å². The summed E-state index contributed by atoms with van der Waals surface area (Å²) in [6.45, 7) is 2.82. The maximum absolute atomic E-state index is 14.6. The molecule has 0 spiro atoms. The third-order valence-corrected chi connectivity index (χ3v) is 5.16. The molecular formula is C23H17F5N2O. The molecular weight excluding hydrogens is 415 g/mol. The Morgan fingerprint density at radius 2 is 1.81 bits per heavy atom. The lowest BCUT2D eigenvalue weighted by molar-refractivity contribution is -0.0696. The Kier molecular flexibility index (Phi) is 5.63. The summed E-state index contributed by atoms with van der Waals surface area (Å²) >= 11 is 0. The van der Waals surface area contributed by atoms with Crippen molar-refractivity contribution in [3.63, 3.8) is 0 Å². The van der Waals surface area contributed by atoms with Gasteiger partial charge in [-0.15, -0.1) is 0 Å². The number of aromatic nitrogens is 2. The van der Waals surface area contributed by atoms with Crippen molar-refractivity contribution >= 4 is 10.8 Å². The summed E-state index contributed by atoms with van der Waals surface area (Å²) in [6, 6.07) is 5.31. The molecule has 2 heterocycles. The Balaban J connectivity index is 1.64. The second-order valence-corrected chi connectivity index (χ2v) is 7.58. The van der Waals surface area contributed by atoms with Crippen molar-refractivity contribution in [3.05, 3.63) is 59.4 Å². The van der Waals surface area contributed by atoms with Gasteiger partial charge in [-0.3, -0.25) is 0 Å². The first kappa shape index (κ1) is 21.2. The Labute approximate surface area is 175 Å². The van der Waals surface area contributed by atoms with Gasteiger partial charge in [-0.2, -0.15) is 13.2 Å². The Bertz CT molecular complexity index is 1170. The number of fused-ring (bicyclic) bond motifs is 1. The highest BCUT2D eigenvalue weighted by Gasteiger charge is 2.24. The minimum absolute atomic E-state index is 0.0435. The van der Waals surface area contributed by atoms with Crippen molar-refractivity contribution < 1.29 is 26.7 Å². The van der Waals surface area contributed by atoms with Crippen LogP contribution in [0.4, 0.5) is 22.0 Å². The van der Waals surface area contributed by atoms with Gasteiger partial charge in [0.25, 0.3) is 0 Å². The molecule has 0 N–H and O–H groups in total. The highest BCUT2D eigenvalue weighted by molar-refractivity contribution is 5.88. The van der Waals surface area contributed by atoms with Crippen LogP contribution >= 0.6 is 0 Å². The average molecular weight is 432 g/mol. The van der Waals surface area contributed by atoms with Crippen molar-refractivity contribution in [3.8, 4) is 23.2 Å². The van der Waals surface area contributed by atoms with Gasteiger partial charge in [0, 0.05) is 41.4 Å². The van der Waals surface area contributed by atoms with Crippen molar-refractivity contribution in [1.82, 2.24) is 9.97 Å². The van der Waals surface area contributed by atoms with E-state index in [1.807, 2.05) is 0 Å². The lowest BCUT2D eigenvalue weighted by Crippen LogP contribution is -2.18. The molecule has 0 amide bonds. The first-order valence-electron chi connectivity index (χ1n) is 9.67. The highest BCUT2D eigenvalue weighted by Crippen LogP contribution is 2.31. The van der Waals surface area contributed by atoms with Crippen LogP contribution in [0.15, 0.2) is 36.7 Å². The fourth-order valence-electron chi connectivity index (χ4n) is 3.52. The van der Waals surface area contributed by atoms with E-state index in [4.69, 9.17) is 4.74 Å². The first-order chi connectivity index (χ1) is 14.7. The van der Waals surface area contributed by atoms with Crippen molar-refractivity contribution in [2.45, 2.75) is 32.0 Å². The molecule has 8 heteroatoms. The molecule has 2 atom stereocenters. The number of hydrogen-bond donors (Lipinski definition) is 0. The zero-order chi connectivity index (χ0) is 22.2. The summed E-state index contributed by atoms with van der Waals surface area (Å²) in [6.07, 6.45) is 0.388. The minimum Gasteiger partial charge on any atom is -0.373 e. The standard InChI is InChI=1S/C23H17F5N2O/c1-13-2-5-20(31-12-13)16-10-29-22(30-11-16)14-3-4-17-15(8-14)9-19(24)18(21(17)25)6-7-23(26,27)28/h3-4,8-11,13,20H,2,5,12H2,1H3. The Morgan fingerprint density at radius 3 is 2.45 bits per heavy atom. The number of rotatable bonds is 2. The van der Waals surface area contributed by atoms with E-state index in [1.54, 1.807) is 12.4 Å². The molecule has 1 fully saturated rings. The van der Waals surface area contributed by atoms with E-state index in [1.165, 1.54) is 24.1 Å². The minimum atomic E-state index is -4.85. The second kappa shape index (κ2) is 8.23. The maximum Gasteiger partial charge on any atom is 0.458 e. The molecule has 3 aromatic rings. The molecule has 0 aliphatic carbocycles. The number of benzene rings is 2. The smallest absolute Gasteiger partial charge is 0.373 e. The Morgan fingerprint density at radius 1 is 1.06 bits per heavy atom. The second-order valence-electron chi connectivity index (χ2n) is 7.58. The monoisotopic (exact) mass is 432 g/mol. The fourth-order valence-corrected chi connectivity index (χ4v) is 3.52. The third kappa shape index (κ3) is 4.67. The van der Waals surface area contributed by atoms with Crippen LogP contribution in [-0.2, 0) is 4.74 Å². The summed E-state index contributed by atoms with van der Waals surface area (Å²) in [5.41, 5.74) is 0.464. The summed E-state index contributed by atoms with van der Waals surface area (Å²) in [5.74, 6) is 1.01. The number of ether oxygens (including phenoxy) is 1. The lowest BCUT2D eigenvalue weighted by atomic mass is 9.97. The normalized spacial score (nSPS) is 19.2. The van der Waals surface area contributed by atoms with Gasteiger partial charge in [-0.1, -0.05) is 25.0 Å². The molecule has 1 aromatic heterocycles. The molecule has 160 valence electrons. The van der Waals surface area contributed by atoms with E-state index in [2.05, 4.69) is 16.9 Å². The van der Waals surface area contributed by atoms with E-state index in [-0.39, 0.29) is 16.9 Å². The van der Waals surface area contributed by atoms with E-state index < -0.39 is 23.4 Å². The summed E-state index contributed by atoms with van der Waals surface area (Å²) in [4.78, 5) is 8.69. The van der Waals surface area contributed by atoms with Crippen molar-refractivity contribution in [2.75, 3.05) is 6.61 Å². The third-order valence-electron chi connectivity index (χ3n) is 5.16. The van der Waals surface area contributed by atoms with Gasteiger partial charge in [-0.25, -0.2) is 18.7 Å². The number of nitrogens with zero attached hydrogens (tertiary/aromatic N) is 2. The van der Waals surface area contributed by atoms with Gasteiger partial charge in [0.1, 0.15) is 11.6 Å². The molecule has 0 radical (unpaired) electrons. The summed E-state index contributed by atoms with van der Waals surface area (Å²) < 4.78 is 71.5. The summed E-state index contributed by atoms with van der Waals surface area (Å²) in [7, 11) is 0. The number of halogens is 5. The van der Waals surface area contributed by atoms with Crippen molar-refractivity contribution in [2.24, 2.45) is 5.92 Å². The van der Waals surface area contributed by atoms with Crippen molar-refractivity contribution in [1.29, 1.82) is 0 Å². The zero-order valence-electron chi connectivity index (χ0n) is 16.4. The topological polar surface area (TPSA) is 35.0 Å². The molecule has 2 aromatic carbocycles. The van der Waals surface area contributed by atoms with Crippen LogP contribution in [0.1, 0.15) is 37.0 Å². The van der Waals surface area contributed by atoms with Gasteiger partial charge in [0.05, 0.1) is 11.7 Å². The molecule has 0 bridgehead atoms. The largest absolute Gasteiger partial charge is 0.458 e.